The van der Waals surface area contributed by atoms with Gasteiger partial charge in [0, 0.05) is 35.8 Å². The summed E-state index contributed by atoms with van der Waals surface area (Å²) in [5, 5.41) is 5.08. The number of hydrogen-bond donors (Lipinski definition) is 1. The molecule has 2 heterocycles. The smallest absolute Gasteiger partial charge is 0.220 e. The van der Waals surface area contributed by atoms with Crippen molar-refractivity contribution in [2.45, 2.75) is 19.3 Å². The third-order valence-electron chi connectivity index (χ3n) is 5.15. The second-order valence-corrected chi connectivity index (χ2v) is 8.02. The number of methoxy groups -OCH3 is 2. The number of ether oxygens (including phenoxy) is 2. The van der Waals surface area contributed by atoms with Crippen molar-refractivity contribution in [1.29, 1.82) is 0 Å². The van der Waals surface area contributed by atoms with Crippen LogP contribution >= 0.6 is 11.3 Å². The van der Waals surface area contributed by atoms with Crippen molar-refractivity contribution in [3.8, 4) is 22.8 Å². The molecule has 0 saturated carbocycles. The van der Waals surface area contributed by atoms with Crippen LogP contribution in [0.4, 0.5) is 0 Å². The number of fused-ring (bicyclic) bond motifs is 1. The fourth-order valence-corrected chi connectivity index (χ4v) is 4.32. The van der Waals surface area contributed by atoms with E-state index < -0.39 is 0 Å². The molecule has 0 radical (unpaired) electrons. The summed E-state index contributed by atoms with van der Waals surface area (Å²) < 4.78 is 12.5. The largest absolute Gasteiger partial charge is 0.497 e. The van der Waals surface area contributed by atoms with Crippen LogP contribution in [0.3, 0.4) is 0 Å². The van der Waals surface area contributed by atoms with Gasteiger partial charge in [0.15, 0.2) is 4.96 Å². The first-order valence-electron chi connectivity index (χ1n) is 10.2. The van der Waals surface area contributed by atoms with Crippen molar-refractivity contribution in [3.63, 3.8) is 0 Å². The Morgan fingerprint density at radius 2 is 1.87 bits per heavy atom. The molecule has 2 aromatic carbocycles. The van der Waals surface area contributed by atoms with Crippen LogP contribution in [0.15, 0.2) is 60.1 Å². The lowest BCUT2D eigenvalue weighted by molar-refractivity contribution is -0.121. The van der Waals surface area contributed by atoms with E-state index in [4.69, 9.17) is 14.5 Å². The van der Waals surface area contributed by atoms with E-state index in [-0.39, 0.29) is 5.91 Å². The van der Waals surface area contributed by atoms with Gasteiger partial charge in [-0.3, -0.25) is 9.20 Å². The summed E-state index contributed by atoms with van der Waals surface area (Å²) in [7, 11) is 3.31. The molecule has 0 fully saturated rings. The Morgan fingerprint density at radius 1 is 1.06 bits per heavy atom. The van der Waals surface area contributed by atoms with Gasteiger partial charge in [-0.1, -0.05) is 12.1 Å². The Hall–Kier alpha value is -3.32. The lowest BCUT2D eigenvalue weighted by atomic mass is 10.1. The van der Waals surface area contributed by atoms with Gasteiger partial charge in [-0.2, -0.15) is 0 Å². The minimum Gasteiger partial charge on any atom is -0.497 e. The third kappa shape index (κ3) is 5.06. The van der Waals surface area contributed by atoms with Crippen molar-refractivity contribution >= 4 is 22.2 Å². The van der Waals surface area contributed by atoms with E-state index >= 15 is 0 Å². The maximum absolute atomic E-state index is 12.3. The number of aryl methyl sites for hydroxylation is 1. The second-order valence-electron chi connectivity index (χ2n) is 7.19. The van der Waals surface area contributed by atoms with Crippen LogP contribution in [0.25, 0.3) is 16.2 Å². The van der Waals surface area contributed by atoms with Crippen LogP contribution in [0, 0.1) is 0 Å². The van der Waals surface area contributed by atoms with Gasteiger partial charge >= 0.3 is 0 Å². The predicted octanol–water partition coefficient (Wildman–Crippen LogP) is 4.37. The number of nitrogens with one attached hydrogen (secondary N) is 1. The van der Waals surface area contributed by atoms with Crippen LogP contribution < -0.4 is 14.8 Å². The zero-order chi connectivity index (χ0) is 21.6. The van der Waals surface area contributed by atoms with Gasteiger partial charge in [0.2, 0.25) is 5.91 Å². The molecule has 31 heavy (non-hydrogen) atoms. The number of thiazole rings is 1. The average molecular weight is 436 g/mol. The highest BCUT2D eigenvalue weighted by Gasteiger charge is 2.11. The summed E-state index contributed by atoms with van der Waals surface area (Å²) in [5.74, 6) is 1.71. The molecule has 2 aromatic heterocycles. The molecule has 160 valence electrons. The predicted molar refractivity (Wildman–Crippen MR) is 123 cm³/mol. The zero-order valence-electron chi connectivity index (χ0n) is 17.6. The second kappa shape index (κ2) is 9.66. The monoisotopic (exact) mass is 435 g/mol. The van der Waals surface area contributed by atoms with Gasteiger partial charge in [0.25, 0.3) is 0 Å². The minimum absolute atomic E-state index is 0.0535. The van der Waals surface area contributed by atoms with Gasteiger partial charge in [-0.15, -0.1) is 11.3 Å². The molecule has 1 amide bonds. The quantitative estimate of drug-likeness (QED) is 0.424. The molecule has 0 aliphatic carbocycles. The zero-order valence-corrected chi connectivity index (χ0v) is 18.4. The average Bonchev–Trinajstić information content (AvgIpc) is 3.39. The first kappa shape index (κ1) is 20.9. The highest BCUT2D eigenvalue weighted by molar-refractivity contribution is 7.15. The lowest BCUT2D eigenvalue weighted by Crippen LogP contribution is -2.26. The lowest BCUT2D eigenvalue weighted by Gasteiger charge is -2.07. The number of imidazole rings is 1. The van der Waals surface area contributed by atoms with E-state index in [1.807, 2.05) is 54.7 Å². The normalized spacial score (nSPS) is 10.9. The maximum Gasteiger partial charge on any atom is 0.220 e. The number of amides is 1. The number of rotatable bonds is 9. The molecule has 0 aliphatic heterocycles. The van der Waals surface area contributed by atoms with E-state index in [0.717, 1.165) is 45.4 Å². The van der Waals surface area contributed by atoms with Crippen LogP contribution in [-0.4, -0.2) is 36.1 Å². The molecule has 6 nitrogen and oxygen atoms in total. The number of carbonyl (C=O) groups excluding carboxylic acids is 1. The van der Waals surface area contributed by atoms with E-state index in [2.05, 4.69) is 15.1 Å². The van der Waals surface area contributed by atoms with Crippen LogP contribution in [-0.2, 0) is 17.6 Å². The van der Waals surface area contributed by atoms with Gasteiger partial charge in [-0.25, -0.2) is 4.98 Å². The van der Waals surface area contributed by atoms with Gasteiger partial charge in [0.1, 0.15) is 11.5 Å². The molecule has 0 unspecified atom stereocenters. The summed E-state index contributed by atoms with van der Waals surface area (Å²) in [4.78, 5) is 17.9. The maximum atomic E-state index is 12.3. The topological polar surface area (TPSA) is 64.9 Å². The number of hydrogen-bond acceptors (Lipinski definition) is 5. The summed E-state index contributed by atoms with van der Waals surface area (Å²) in [6, 6.07) is 15.8. The molecule has 4 rings (SSSR count). The number of nitrogens with zero attached hydrogens (tertiary/aromatic N) is 2. The van der Waals surface area contributed by atoms with Crippen molar-refractivity contribution < 1.29 is 14.3 Å². The highest BCUT2D eigenvalue weighted by atomic mass is 32.1. The van der Waals surface area contributed by atoms with E-state index in [1.54, 1.807) is 25.6 Å². The molecule has 0 saturated heterocycles. The van der Waals surface area contributed by atoms with Gasteiger partial charge in [0.05, 0.1) is 19.9 Å². The third-order valence-corrected chi connectivity index (χ3v) is 6.04. The standard InChI is InChI=1S/C24H25N3O3S/c1-29-20-9-6-18(7-10-20)22-15-27-19(16-31-24(27)26-22)8-11-23(28)25-13-12-17-4-3-5-21(14-17)30-2/h3-7,9-10,14-16H,8,11-13H2,1-2H3,(H,25,28). The number of benzene rings is 2. The summed E-state index contributed by atoms with van der Waals surface area (Å²) in [6.45, 7) is 0.609. The molecule has 0 bridgehead atoms. The van der Waals surface area contributed by atoms with E-state index in [0.29, 0.717) is 19.4 Å². The fourth-order valence-electron chi connectivity index (χ4n) is 3.41. The first-order chi connectivity index (χ1) is 15.2. The molecule has 7 heteroatoms. The summed E-state index contributed by atoms with van der Waals surface area (Å²) in [5.41, 5.74) is 4.19. The Balaban J connectivity index is 1.32. The van der Waals surface area contributed by atoms with Gasteiger partial charge < -0.3 is 14.8 Å². The minimum atomic E-state index is 0.0535. The van der Waals surface area contributed by atoms with Crippen molar-refractivity contribution in [2.24, 2.45) is 0 Å². The molecule has 4 aromatic rings. The Bertz CT molecular complexity index is 1160. The van der Waals surface area contributed by atoms with E-state index in [9.17, 15) is 4.79 Å². The molecule has 0 aliphatic rings. The van der Waals surface area contributed by atoms with Gasteiger partial charge in [-0.05, 0) is 54.8 Å². The molecule has 1 N–H and O–H groups in total. The van der Waals surface area contributed by atoms with Crippen molar-refractivity contribution in [1.82, 2.24) is 14.7 Å². The van der Waals surface area contributed by atoms with E-state index in [1.165, 1.54) is 0 Å². The Labute approximate surface area is 185 Å². The highest BCUT2D eigenvalue weighted by Crippen LogP contribution is 2.25. The Kier molecular flexibility index (Phi) is 6.52. The molecule has 0 spiro atoms. The molecular weight excluding hydrogens is 410 g/mol. The summed E-state index contributed by atoms with van der Waals surface area (Å²) >= 11 is 1.59. The van der Waals surface area contributed by atoms with Crippen LogP contribution in [0.5, 0.6) is 11.5 Å². The van der Waals surface area contributed by atoms with Crippen LogP contribution in [0.1, 0.15) is 17.7 Å². The molecule has 0 atom stereocenters. The number of carbonyl (C=O) groups is 1. The Morgan fingerprint density at radius 3 is 2.65 bits per heavy atom. The SMILES string of the molecule is COc1ccc(-c2cn3c(CCC(=O)NCCc4cccc(OC)c4)csc3n2)cc1. The first-order valence-corrected chi connectivity index (χ1v) is 11.0. The fraction of sp³-hybridized carbons (Fsp3) is 0.250. The van der Waals surface area contributed by atoms with Crippen molar-refractivity contribution in [3.05, 3.63) is 71.4 Å². The summed E-state index contributed by atoms with van der Waals surface area (Å²) in [6.07, 6.45) is 3.92. The van der Waals surface area contributed by atoms with Crippen molar-refractivity contribution in [2.75, 3.05) is 20.8 Å². The molecular formula is C24H25N3O3S. The van der Waals surface area contributed by atoms with Crippen LogP contribution in [0.2, 0.25) is 0 Å². The number of aromatic nitrogens is 2.